The van der Waals surface area contributed by atoms with Gasteiger partial charge in [-0.3, -0.25) is 0 Å². The van der Waals surface area contributed by atoms with Crippen LogP contribution >= 0.6 is 11.6 Å². The minimum atomic E-state index is -0.336. The zero-order valence-corrected chi connectivity index (χ0v) is 9.42. The third-order valence-corrected chi connectivity index (χ3v) is 2.47. The fraction of sp³-hybridized carbons (Fsp3) is 0.167. The molecule has 0 aliphatic rings. The van der Waals surface area contributed by atoms with E-state index >= 15 is 0 Å². The Labute approximate surface area is 98.1 Å². The summed E-state index contributed by atoms with van der Waals surface area (Å²) in [6.45, 7) is 1.87. The van der Waals surface area contributed by atoms with Crippen molar-refractivity contribution in [2.45, 2.75) is 13.3 Å². The summed E-state index contributed by atoms with van der Waals surface area (Å²) in [6, 6.07) is 4.46. The summed E-state index contributed by atoms with van der Waals surface area (Å²) in [7, 11) is 0. The molecule has 0 aliphatic carbocycles. The van der Waals surface area contributed by atoms with Gasteiger partial charge in [0.2, 0.25) is 0 Å². The van der Waals surface area contributed by atoms with Gasteiger partial charge in [0.05, 0.1) is 6.20 Å². The van der Waals surface area contributed by atoms with Crippen molar-refractivity contribution in [3.05, 3.63) is 58.4 Å². The Kier molecular flexibility index (Phi) is 3.15. The largest absolute Gasteiger partial charge is 0.241 e. The van der Waals surface area contributed by atoms with E-state index in [1.54, 1.807) is 6.07 Å². The van der Waals surface area contributed by atoms with Crippen LogP contribution in [-0.4, -0.2) is 9.97 Å². The Morgan fingerprint density at radius 1 is 1.38 bits per heavy atom. The van der Waals surface area contributed by atoms with Gasteiger partial charge in [-0.2, -0.15) is 0 Å². The van der Waals surface area contributed by atoms with Crippen LogP contribution in [0.25, 0.3) is 0 Å². The van der Waals surface area contributed by atoms with E-state index in [9.17, 15) is 4.39 Å². The van der Waals surface area contributed by atoms with E-state index in [1.807, 2.05) is 6.92 Å². The normalized spacial score (nSPS) is 10.4. The van der Waals surface area contributed by atoms with E-state index in [0.29, 0.717) is 11.4 Å². The zero-order chi connectivity index (χ0) is 11.5. The fourth-order valence-corrected chi connectivity index (χ4v) is 1.71. The predicted octanol–water partition coefficient (Wildman–Crippen LogP) is 2.97. The number of rotatable bonds is 2. The second-order valence-electron chi connectivity index (χ2n) is 3.50. The molecule has 0 fully saturated rings. The Morgan fingerprint density at radius 3 is 2.88 bits per heavy atom. The molecule has 0 N–H and O–H groups in total. The Morgan fingerprint density at radius 2 is 2.19 bits per heavy atom. The second kappa shape index (κ2) is 4.58. The van der Waals surface area contributed by atoms with Gasteiger partial charge < -0.3 is 0 Å². The molecule has 1 heterocycles. The lowest BCUT2D eigenvalue weighted by molar-refractivity contribution is 0.626. The third kappa shape index (κ3) is 2.55. The van der Waals surface area contributed by atoms with E-state index in [1.165, 1.54) is 18.5 Å². The molecule has 0 bridgehead atoms. The molecule has 0 amide bonds. The first-order chi connectivity index (χ1) is 7.65. The summed E-state index contributed by atoms with van der Waals surface area (Å²) in [6.07, 6.45) is 4.82. The van der Waals surface area contributed by atoms with Crippen LogP contribution in [-0.2, 0) is 6.42 Å². The maximum absolute atomic E-state index is 13.1. The van der Waals surface area contributed by atoms with Gasteiger partial charge in [0.1, 0.15) is 12.1 Å². The van der Waals surface area contributed by atoms with E-state index in [0.717, 1.165) is 16.8 Å². The lowest BCUT2D eigenvalue weighted by Gasteiger charge is -2.04. The summed E-state index contributed by atoms with van der Waals surface area (Å²) in [5.41, 5.74) is 2.48. The number of hydrogen-bond acceptors (Lipinski definition) is 2. The van der Waals surface area contributed by atoms with Crippen molar-refractivity contribution in [2.75, 3.05) is 0 Å². The quantitative estimate of drug-likeness (QED) is 0.800. The molecule has 1 radical (unpaired) electrons. The maximum Gasteiger partial charge on any atom is 0.124 e. The third-order valence-electron chi connectivity index (χ3n) is 2.25. The highest BCUT2D eigenvalue weighted by molar-refractivity contribution is 6.30. The number of aromatic nitrogens is 2. The van der Waals surface area contributed by atoms with Crippen molar-refractivity contribution in [1.29, 1.82) is 0 Å². The first-order valence-corrected chi connectivity index (χ1v) is 5.16. The molecule has 0 saturated carbocycles. The van der Waals surface area contributed by atoms with Gasteiger partial charge in [0.25, 0.3) is 0 Å². The van der Waals surface area contributed by atoms with Gasteiger partial charge in [-0.1, -0.05) is 11.6 Å². The molecule has 2 rings (SSSR count). The fourth-order valence-electron chi connectivity index (χ4n) is 1.47. The van der Waals surface area contributed by atoms with Crippen molar-refractivity contribution in [3.8, 4) is 0 Å². The number of hydrogen-bond donors (Lipinski definition) is 0. The zero-order valence-electron chi connectivity index (χ0n) is 8.67. The van der Waals surface area contributed by atoms with Crippen molar-refractivity contribution in [3.63, 3.8) is 0 Å². The van der Waals surface area contributed by atoms with Gasteiger partial charge in [-0.25, -0.2) is 14.4 Å². The number of nitrogens with zero attached hydrogens (tertiary/aromatic N) is 2. The van der Waals surface area contributed by atoms with Crippen LogP contribution in [0.15, 0.2) is 24.5 Å². The van der Waals surface area contributed by atoms with Crippen molar-refractivity contribution < 1.29 is 4.39 Å². The molecule has 0 aliphatic heterocycles. The average Bonchev–Trinajstić information content (AvgIpc) is 2.20. The summed E-state index contributed by atoms with van der Waals surface area (Å²) in [5, 5.41) is 0.393. The molecule has 81 valence electrons. The molecule has 4 heteroatoms. The Balaban J connectivity index is 2.30. The predicted molar refractivity (Wildman–Crippen MR) is 59.8 cm³/mol. The van der Waals surface area contributed by atoms with Crippen LogP contribution in [0.1, 0.15) is 16.8 Å². The lowest BCUT2D eigenvalue weighted by atomic mass is 10.1. The monoisotopic (exact) mass is 235 g/mol. The molecule has 0 atom stereocenters. The van der Waals surface area contributed by atoms with Gasteiger partial charge in [-0.05, 0) is 30.7 Å². The molecular formula is C12H9ClFN2. The first-order valence-electron chi connectivity index (χ1n) is 4.78. The number of aryl methyl sites for hydroxylation is 1. The second-order valence-corrected chi connectivity index (χ2v) is 3.94. The molecule has 0 unspecified atom stereocenters. The first kappa shape index (κ1) is 11.0. The summed E-state index contributed by atoms with van der Waals surface area (Å²) in [4.78, 5) is 7.87. The average molecular weight is 236 g/mol. The van der Waals surface area contributed by atoms with E-state index < -0.39 is 0 Å². The molecule has 0 spiro atoms. The number of benzene rings is 1. The Bertz CT molecular complexity index is 494. The highest BCUT2D eigenvalue weighted by Gasteiger charge is 2.04. The summed E-state index contributed by atoms with van der Waals surface area (Å²) < 4.78 is 13.1. The van der Waals surface area contributed by atoms with Gasteiger partial charge in [0.15, 0.2) is 0 Å². The minimum Gasteiger partial charge on any atom is -0.241 e. The standard InChI is InChI=1S/C12H9ClFN2/c1-8-10(6-15-7-16-8)2-9-3-11(13)5-12(14)4-9/h3-5,7H,2H2,1H3. The SMILES string of the molecule is Cc1ncn[c]c1Cc1cc(F)cc(Cl)c1. The van der Waals surface area contributed by atoms with Crippen LogP contribution < -0.4 is 0 Å². The van der Waals surface area contributed by atoms with E-state index in [2.05, 4.69) is 16.2 Å². The smallest absolute Gasteiger partial charge is 0.124 e. The van der Waals surface area contributed by atoms with Crippen LogP contribution in [0, 0.1) is 18.9 Å². The molecule has 2 aromatic rings. The topological polar surface area (TPSA) is 25.8 Å². The summed E-state index contributed by atoms with van der Waals surface area (Å²) >= 11 is 5.77. The minimum absolute atomic E-state index is 0.336. The molecule has 1 aromatic heterocycles. The molecular weight excluding hydrogens is 227 g/mol. The number of halogens is 2. The van der Waals surface area contributed by atoms with Crippen LogP contribution in [0.2, 0.25) is 5.02 Å². The molecule has 2 nitrogen and oxygen atoms in total. The van der Waals surface area contributed by atoms with Crippen LogP contribution in [0.3, 0.4) is 0 Å². The Hall–Kier alpha value is -1.48. The highest BCUT2D eigenvalue weighted by atomic mass is 35.5. The van der Waals surface area contributed by atoms with Gasteiger partial charge in [0, 0.05) is 22.7 Å². The molecule has 16 heavy (non-hydrogen) atoms. The van der Waals surface area contributed by atoms with Crippen molar-refractivity contribution in [1.82, 2.24) is 9.97 Å². The van der Waals surface area contributed by atoms with E-state index in [4.69, 9.17) is 11.6 Å². The molecule has 1 aromatic carbocycles. The van der Waals surface area contributed by atoms with Crippen LogP contribution in [0.4, 0.5) is 4.39 Å². The van der Waals surface area contributed by atoms with Crippen molar-refractivity contribution in [2.24, 2.45) is 0 Å². The molecule has 0 saturated heterocycles. The van der Waals surface area contributed by atoms with Crippen LogP contribution in [0.5, 0.6) is 0 Å². The highest BCUT2D eigenvalue weighted by Crippen LogP contribution is 2.17. The van der Waals surface area contributed by atoms with Gasteiger partial charge >= 0.3 is 0 Å². The lowest BCUT2D eigenvalue weighted by Crippen LogP contribution is -1.96. The van der Waals surface area contributed by atoms with E-state index in [-0.39, 0.29) is 5.82 Å². The van der Waals surface area contributed by atoms with Crippen molar-refractivity contribution >= 4 is 11.6 Å². The maximum atomic E-state index is 13.1. The summed E-state index contributed by atoms with van der Waals surface area (Å²) in [5.74, 6) is -0.336. The van der Waals surface area contributed by atoms with Gasteiger partial charge in [-0.15, -0.1) is 0 Å².